The van der Waals surface area contributed by atoms with Gasteiger partial charge in [0.1, 0.15) is 6.04 Å². The van der Waals surface area contributed by atoms with Crippen LogP contribution in [0.5, 0.6) is 0 Å². The molecule has 3 unspecified atom stereocenters. The Kier molecular flexibility index (Phi) is 4.81. The minimum Gasteiger partial charge on any atom is -0.481 e. The molecule has 2 fully saturated rings. The number of carboxylic acids is 1. The maximum absolute atomic E-state index is 11.9. The maximum atomic E-state index is 11.9. The number of rotatable bonds is 3. The number of hydrogen-bond donors (Lipinski definition) is 4. The molecular weight excluding hydrogens is 262 g/mol. The molecule has 0 aromatic rings. The quantitative estimate of drug-likeness (QED) is 0.593. The van der Waals surface area contributed by atoms with Crippen LogP contribution in [0.25, 0.3) is 0 Å². The molecule has 7 nitrogen and oxygen atoms in total. The first-order chi connectivity index (χ1) is 9.56. The van der Waals surface area contributed by atoms with Crippen LogP contribution >= 0.6 is 0 Å². The number of amides is 3. The summed E-state index contributed by atoms with van der Waals surface area (Å²) < 4.78 is 0. The van der Waals surface area contributed by atoms with Crippen LogP contribution in [0, 0.1) is 5.92 Å². The van der Waals surface area contributed by atoms with Gasteiger partial charge in [-0.1, -0.05) is 6.42 Å². The van der Waals surface area contributed by atoms with Crippen LogP contribution in [0.2, 0.25) is 0 Å². The zero-order valence-corrected chi connectivity index (χ0v) is 11.4. The predicted molar refractivity (Wildman–Crippen MR) is 71.1 cm³/mol. The molecule has 4 N–H and O–H groups in total. The monoisotopic (exact) mass is 283 g/mol. The molecule has 2 rings (SSSR count). The lowest BCUT2D eigenvalue weighted by Crippen LogP contribution is -2.54. The second-order valence-electron chi connectivity index (χ2n) is 5.50. The summed E-state index contributed by atoms with van der Waals surface area (Å²) >= 11 is 0. The molecule has 1 aliphatic carbocycles. The van der Waals surface area contributed by atoms with Crippen LogP contribution in [0.3, 0.4) is 0 Å². The van der Waals surface area contributed by atoms with Gasteiger partial charge < -0.3 is 21.1 Å². The van der Waals surface area contributed by atoms with Crippen molar-refractivity contribution in [3.8, 4) is 0 Å². The molecule has 1 heterocycles. The van der Waals surface area contributed by atoms with Crippen LogP contribution in [0.4, 0.5) is 4.79 Å². The van der Waals surface area contributed by atoms with E-state index in [0.717, 1.165) is 19.3 Å². The Bertz CT molecular complexity index is 399. The van der Waals surface area contributed by atoms with E-state index in [0.29, 0.717) is 25.8 Å². The molecule has 112 valence electrons. The van der Waals surface area contributed by atoms with Crippen molar-refractivity contribution in [1.29, 1.82) is 0 Å². The van der Waals surface area contributed by atoms with E-state index in [2.05, 4.69) is 16.0 Å². The molecule has 0 spiro atoms. The smallest absolute Gasteiger partial charge is 0.315 e. The molecule has 0 aromatic heterocycles. The van der Waals surface area contributed by atoms with Crippen LogP contribution in [0.15, 0.2) is 0 Å². The molecule has 0 radical (unpaired) electrons. The molecule has 1 saturated carbocycles. The highest BCUT2D eigenvalue weighted by atomic mass is 16.4. The van der Waals surface area contributed by atoms with Crippen molar-refractivity contribution in [2.24, 2.45) is 5.92 Å². The van der Waals surface area contributed by atoms with Gasteiger partial charge in [0.05, 0.1) is 5.92 Å². The molecule has 1 saturated heterocycles. The van der Waals surface area contributed by atoms with Gasteiger partial charge in [0, 0.05) is 12.6 Å². The minimum atomic E-state index is -0.802. The van der Waals surface area contributed by atoms with Crippen LogP contribution in [0.1, 0.15) is 38.5 Å². The highest BCUT2D eigenvalue weighted by Crippen LogP contribution is 2.24. The summed E-state index contributed by atoms with van der Waals surface area (Å²) in [5.74, 6) is -1.34. The van der Waals surface area contributed by atoms with E-state index in [1.165, 1.54) is 0 Å². The van der Waals surface area contributed by atoms with Gasteiger partial charge in [0.25, 0.3) is 0 Å². The molecule has 1 aliphatic heterocycles. The highest BCUT2D eigenvalue weighted by Gasteiger charge is 2.29. The average molecular weight is 283 g/mol. The summed E-state index contributed by atoms with van der Waals surface area (Å²) in [7, 11) is 0. The first-order valence-corrected chi connectivity index (χ1v) is 7.14. The third-order valence-corrected chi connectivity index (χ3v) is 3.95. The van der Waals surface area contributed by atoms with Crippen molar-refractivity contribution in [2.45, 2.75) is 50.6 Å². The molecule has 20 heavy (non-hydrogen) atoms. The zero-order valence-electron chi connectivity index (χ0n) is 11.4. The van der Waals surface area contributed by atoms with Gasteiger partial charge in [-0.05, 0) is 32.1 Å². The van der Waals surface area contributed by atoms with Crippen molar-refractivity contribution in [3.05, 3.63) is 0 Å². The predicted octanol–water partition coefficient (Wildman–Crippen LogP) is 0.208. The number of urea groups is 1. The maximum Gasteiger partial charge on any atom is 0.315 e. The first-order valence-electron chi connectivity index (χ1n) is 7.14. The molecule has 7 heteroatoms. The topological polar surface area (TPSA) is 108 Å². The van der Waals surface area contributed by atoms with Crippen molar-refractivity contribution in [2.75, 3.05) is 6.54 Å². The molecule has 3 atom stereocenters. The molecule has 2 aliphatic rings. The summed E-state index contributed by atoms with van der Waals surface area (Å²) in [5.41, 5.74) is 0. The van der Waals surface area contributed by atoms with Crippen LogP contribution in [-0.2, 0) is 9.59 Å². The summed E-state index contributed by atoms with van der Waals surface area (Å²) in [6.07, 6.45) is 4.20. The van der Waals surface area contributed by atoms with Gasteiger partial charge in [-0.3, -0.25) is 9.59 Å². The highest BCUT2D eigenvalue weighted by molar-refractivity contribution is 5.87. The lowest BCUT2D eigenvalue weighted by atomic mass is 9.86. The van der Waals surface area contributed by atoms with Crippen molar-refractivity contribution in [1.82, 2.24) is 16.0 Å². The van der Waals surface area contributed by atoms with E-state index in [4.69, 9.17) is 5.11 Å². The summed E-state index contributed by atoms with van der Waals surface area (Å²) in [4.78, 5) is 34.3. The van der Waals surface area contributed by atoms with E-state index in [1.807, 2.05) is 0 Å². The van der Waals surface area contributed by atoms with Gasteiger partial charge in [0.15, 0.2) is 0 Å². The third-order valence-electron chi connectivity index (χ3n) is 3.95. The molecule has 0 aromatic carbocycles. The van der Waals surface area contributed by atoms with Gasteiger partial charge in [-0.2, -0.15) is 0 Å². The van der Waals surface area contributed by atoms with E-state index in [-0.39, 0.29) is 23.9 Å². The molecule has 0 bridgehead atoms. The Morgan fingerprint density at radius 2 is 1.95 bits per heavy atom. The molecular formula is C13H21N3O4. The summed E-state index contributed by atoms with van der Waals surface area (Å²) in [5, 5.41) is 17.1. The fourth-order valence-corrected chi connectivity index (χ4v) is 2.84. The van der Waals surface area contributed by atoms with Crippen molar-refractivity contribution in [3.63, 3.8) is 0 Å². The van der Waals surface area contributed by atoms with Crippen LogP contribution in [-0.4, -0.2) is 41.6 Å². The second kappa shape index (κ2) is 6.58. The summed E-state index contributed by atoms with van der Waals surface area (Å²) in [6.45, 7) is 0.654. The number of piperidine rings is 1. The largest absolute Gasteiger partial charge is 0.481 e. The number of nitrogens with one attached hydrogen (secondary N) is 3. The zero-order chi connectivity index (χ0) is 14.5. The van der Waals surface area contributed by atoms with E-state index >= 15 is 0 Å². The Balaban J connectivity index is 1.79. The fourth-order valence-electron chi connectivity index (χ4n) is 2.84. The van der Waals surface area contributed by atoms with Gasteiger partial charge in [-0.25, -0.2) is 4.79 Å². The van der Waals surface area contributed by atoms with Crippen molar-refractivity contribution >= 4 is 17.9 Å². The Morgan fingerprint density at radius 1 is 1.15 bits per heavy atom. The number of carbonyl (C=O) groups excluding carboxylic acids is 2. The lowest BCUT2D eigenvalue weighted by Gasteiger charge is -2.29. The van der Waals surface area contributed by atoms with Gasteiger partial charge >= 0.3 is 12.0 Å². The normalized spacial score (nSPS) is 30.2. The SMILES string of the molecule is O=C(NC1CCCC(C(=O)O)C1)NC1CCCNC1=O. The number of carbonyl (C=O) groups is 3. The first kappa shape index (κ1) is 14.6. The molecule has 3 amide bonds. The Labute approximate surface area is 117 Å². The fraction of sp³-hybridized carbons (Fsp3) is 0.769. The van der Waals surface area contributed by atoms with Crippen LogP contribution < -0.4 is 16.0 Å². The summed E-state index contributed by atoms with van der Waals surface area (Å²) in [6, 6.07) is -0.998. The third kappa shape index (κ3) is 3.85. The van der Waals surface area contributed by atoms with E-state index in [1.54, 1.807) is 0 Å². The number of hydrogen-bond acceptors (Lipinski definition) is 3. The Morgan fingerprint density at radius 3 is 2.65 bits per heavy atom. The average Bonchev–Trinajstić information content (AvgIpc) is 2.41. The Hall–Kier alpha value is -1.79. The van der Waals surface area contributed by atoms with E-state index in [9.17, 15) is 14.4 Å². The van der Waals surface area contributed by atoms with Gasteiger partial charge in [-0.15, -0.1) is 0 Å². The van der Waals surface area contributed by atoms with Gasteiger partial charge in [0.2, 0.25) is 5.91 Å². The standard InChI is InChI=1S/C13H21N3O4/c17-11-10(5-2-6-14-11)16-13(20)15-9-4-1-3-8(7-9)12(18)19/h8-10H,1-7H2,(H,14,17)(H,18,19)(H2,15,16,20). The van der Waals surface area contributed by atoms with E-state index < -0.39 is 12.0 Å². The number of carboxylic acid groups (broad SMARTS) is 1. The lowest BCUT2D eigenvalue weighted by molar-refractivity contribution is -0.143. The second-order valence-corrected chi connectivity index (χ2v) is 5.50. The number of aliphatic carboxylic acids is 1. The van der Waals surface area contributed by atoms with Crippen molar-refractivity contribution < 1.29 is 19.5 Å². The minimum absolute atomic E-state index is 0.128.